The van der Waals surface area contributed by atoms with E-state index in [9.17, 15) is 19.5 Å². The zero-order chi connectivity index (χ0) is 26.9. The molecule has 1 saturated heterocycles. The molecule has 4 rings (SSSR count). The van der Waals surface area contributed by atoms with E-state index >= 15 is 0 Å². The normalized spacial score (nSPS) is 17.1. The Balaban J connectivity index is 1.90. The van der Waals surface area contributed by atoms with E-state index in [-0.39, 0.29) is 16.7 Å². The number of amides is 1. The summed E-state index contributed by atoms with van der Waals surface area (Å²) in [6.45, 7) is 6.29. The Bertz CT molecular complexity index is 1380. The monoisotopic (exact) mass is 499 g/mol. The molecule has 7 nitrogen and oxygen atoms in total. The number of aliphatic hydroxyl groups excluding tert-OH is 1. The van der Waals surface area contributed by atoms with Crippen LogP contribution in [0.15, 0.2) is 78.4 Å². The van der Waals surface area contributed by atoms with Crippen LogP contribution < -0.4 is 9.64 Å². The standard InChI is InChI=1S/C30H29NO6/c1-30(2,3)21-13-9-18(10-14-21)25-24(26(32)20-7-6-8-23(17-20)36-4)27(33)28(34)31(25)22-15-11-19(12-16-22)29(35)37-5/h6-17,25,32H,1-5H3/b26-24+. The second-order valence-corrected chi connectivity index (χ2v) is 9.81. The quantitative estimate of drug-likeness (QED) is 0.219. The molecule has 7 heteroatoms. The van der Waals surface area contributed by atoms with E-state index in [4.69, 9.17) is 9.47 Å². The molecule has 1 atom stereocenters. The largest absolute Gasteiger partial charge is 0.507 e. The van der Waals surface area contributed by atoms with Crippen LogP contribution in [0.2, 0.25) is 0 Å². The molecule has 1 aliphatic heterocycles. The lowest BCUT2D eigenvalue weighted by atomic mass is 9.85. The SMILES string of the molecule is COC(=O)c1ccc(N2C(=O)C(=O)/C(=C(/O)c3cccc(OC)c3)C2c2ccc(C(C)(C)C)cc2)cc1. The number of esters is 1. The minimum absolute atomic E-state index is 0.0289. The Labute approximate surface area is 215 Å². The van der Waals surface area contributed by atoms with Crippen molar-refractivity contribution in [2.24, 2.45) is 0 Å². The van der Waals surface area contributed by atoms with Crippen LogP contribution in [-0.2, 0) is 19.7 Å². The average molecular weight is 500 g/mol. The zero-order valence-electron chi connectivity index (χ0n) is 21.4. The predicted molar refractivity (Wildman–Crippen MR) is 141 cm³/mol. The minimum atomic E-state index is -0.885. The van der Waals surface area contributed by atoms with Gasteiger partial charge >= 0.3 is 5.97 Å². The van der Waals surface area contributed by atoms with Crippen LogP contribution in [0.1, 0.15) is 53.9 Å². The van der Waals surface area contributed by atoms with E-state index in [2.05, 4.69) is 20.8 Å². The predicted octanol–water partition coefficient (Wildman–Crippen LogP) is 5.41. The van der Waals surface area contributed by atoms with Gasteiger partial charge in [0.05, 0.1) is 31.4 Å². The summed E-state index contributed by atoms with van der Waals surface area (Å²) in [7, 11) is 2.79. The van der Waals surface area contributed by atoms with Gasteiger partial charge in [-0.25, -0.2) is 4.79 Å². The number of anilines is 1. The number of rotatable bonds is 5. The van der Waals surface area contributed by atoms with Gasteiger partial charge in [-0.1, -0.05) is 57.2 Å². The highest BCUT2D eigenvalue weighted by Gasteiger charge is 2.47. The average Bonchev–Trinajstić information content (AvgIpc) is 3.17. The highest BCUT2D eigenvalue weighted by atomic mass is 16.5. The van der Waals surface area contributed by atoms with Crippen molar-refractivity contribution in [2.75, 3.05) is 19.1 Å². The molecule has 1 amide bonds. The third-order valence-electron chi connectivity index (χ3n) is 6.45. The number of carbonyl (C=O) groups is 3. The highest BCUT2D eigenvalue weighted by Crippen LogP contribution is 2.43. The number of hydrogen-bond acceptors (Lipinski definition) is 6. The lowest BCUT2D eigenvalue weighted by molar-refractivity contribution is -0.132. The minimum Gasteiger partial charge on any atom is -0.507 e. The lowest BCUT2D eigenvalue weighted by Crippen LogP contribution is -2.29. The van der Waals surface area contributed by atoms with Crippen LogP contribution in [0.5, 0.6) is 5.75 Å². The van der Waals surface area contributed by atoms with Crippen LogP contribution in [0, 0.1) is 0 Å². The molecule has 1 fully saturated rings. The van der Waals surface area contributed by atoms with E-state index in [1.165, 1.54) is 31.3 Å². The Morgan fingerprint density at radius 1 is 0.892 bits per heavy atom. The Hall–Kier alpha value is -4.39. The maximum atomic E-state index is 13.4. The summed E-state index contributed by atoms with van der Waals surface area (Å²) in [6.07, 6.45) is 0. The van der Waals surface area contributed by atoms with E-state index in [0.29, 0.717) is 28.1 Å². The Morgan fingerprint density at radius 3 is 2.11 bits per heavy atom. The van der Waals surface area contributed by atoms with Crippen LogP contribution in [0.3, 0.4) is 0 Å². The van der Waals surface area contributed by atoms with Gasteiger partial charge in [0.1, 0.15) is 11.5 Å². The fourth-order valence-corrected chi connectivity index (χ4v) is 4.38. The molecule has 0 saturated carbocycles. The summed E-state index contributed by atoms with van der Waals surface area (Å²) in [5.41, 5.74) is 2.70. The molecular weight excluding hydrogens is 470 g/mol. The van der Waals surface area contributed by atoms with Crippen molar-refractivity contribution in [1.29, 1.82) is 0 Å². The van der Waals surface area contributed by atoms with Crippen LogP contribution in [-0.4, -0.2) is 37.0 Å². The molecule has 0 aliphatic carbocycles. The fourth-order valence-electron chi connectivity index (χ4n) is 4.38. The Kier molecular flexibility index (Phi) is 6.90. The number of methoxy groups -OCH3 is 2. The van der Waals surface area contributed by atoms with Crippen molar-refractivity contribution in [3.05, 3.63) is 101 Å². The fraction of sp³-hybridized carbons (Fsp3) is 0.233. The van der Waals surface area contributed by atoms with Crippen LogP contribution >= 0.6 is 0 Å². The van der Waals surface area contributed by atoms with E-state index in [0.717, 1.165) is 5.56 Å². The van der Waals surface area contributed by atoms with Gasteiger partial charge in [-0.15, -0.1) is 0 Å². The maximum Gasteiger partial charge on any atom is 0.337 e. The van der Waals surface area contributed by atoms with Crippen molar-refractivity contribution < 1.29 is 29.0 Å². The third kappa shape index (κ3) is 4.85. The molecule has 1 aliphatic rings. The molecule has 37 heavy (non-hydrogen) atoms. The summed E-state index contributed by atoms with van der Waals surface area (Å²) in [5.74, 6) is -1.89. The van der Waals surface area contributed by atoms with E-state index in [1.54, 1.807) is 36.4 Å². The number of carbonyl (C=O) groups excluding carboxylic acids is 3. The summed E-state index contributed by atoms with van der Waals surface area (Å²) in [5, 5.41) is 11.3. The topological polar surface area (TPSA) is 93.1 Å². The van der Waals surface area contributed by atoms with Crippen molar-refractivity contribution in [1.82, 2.24) is 0 Å². The summed E-state index contributed by atoms with van der Waals surface area (Å²) < 4.78 is 10.0. The Morgan fingerprint density at radius 2 is 1.54 bits per heavy atom. The van der Waals surface area contributed by atoms with Gasteiger partial charge in [-0.2, -0.15) is 0 Å². The first kappa shape index (κ1) is 25.7. The van der Waals surface area contributed by atoms with Crippen molar-refractivity contribution in [3.63, 3.8) is 0 Å². The molecule has 1 unspecified atom stereocenters. The van der Waals surface area contributed by atoms with E-state index in [1.807, 2.05) is 24.3 Å². The number of benzene rings is 3. The molecular formula is C30H29NO6. The second-order valence-electron chi connectivity index (χ2n) is 9.81. The first-order chi connectivity index (χ1) is 17.6. The first-order valence-corrected chi connectivity index (χ1v) is 11.8. The molecule has 0 bridgehead atoms. The molecule has 1 heterocycles. The van der Waals surface area contributed by atoms with Gasteiger partial charge < -0.3 is 14.6 Å². The highest BCUT2D eigenvalue weighted by molar-refractivity contribution is 6.51. The molecule has 1 N–H and O–H groups in total. The van der Waals surface area contributed by atoms with Gasteiger partial charge in [-0.05, 0) is 52.9 Å². The number of aliphatic hydroxyl groups is 1. The van der Waals surface area contributed by atoms with Crippen molar-refractivity contribution >= 4 is 29.1 Å². The van der Waals surface area contributed by atoms with Crippen molar-refractivity contribution in [3.8, 4) is 5.75 Å². The second kappa shape index (κ2) is 9.93. The van der Waals surface area contributed by atoms with Gasteiger partial charge in [0.25, 0.3) is 11.7 Å². The summed E-state index contributed by atoms with van der Waals surface area (Å²) in [6, 6.07) is 19.7. The van der Waals surface area contributed by atoms with Crippen molar-refractivity contribution in [2.45, 2.75) is 32.2 Å². The number of nitrogens with zero attached hydrogens (tertiary/aromatic N) is 1. The zero-order valence-corrected chi connectivity index (χ0v) is 21.4. The van der Waals surface area contributed by atoms with Gasteiger partial charge in [0.15, 0.2) is 0 Å². The number of Topliss-reactive ketones (excluding diaryl/α,β-unsaturated/α-hetero) is 1. The molecule has 3 aromatic rings. The third-order valence-corrected chi connectivity index (χ3v) is 6.45. The number of ether oxygens (including phenoxy) is 2. The first-order valence-electron chi connectivity index (χ1n) is 11.8. The molecule has 0 spiro atoms. The maximum absolute atomic E-state index is 13.4. The van der Waals surface area contributed by atoms with Crippen LogP contribution in [0.4, 0.5) is 5.69 Å². The number of hydrogen-bond donors (Lipinski definition) is 1. The summed E-state index contributed by atoms with van der Waals surface area (Å²) in [4.78, 5) is 40.0. The van der Waals surface area contributed by atoms with Gasteiger partial charge in [0.2, 0.25) is 0 Å². The molecule has 0 radical (unpaired) electrons. The van der Waals surface area contributed by atoms with Gasteiger partial charge in [-0.3, -0.25) is 14.5 Å². The number of ketones is 1. The molecule has 3 aromatic carbocycles. The molecule has 0 aromatic heterocycles. The lowest BCUT2D eigenvalue weighted by Gasteiger charge is -2.26. The van der Waals surface area contributed by atoms with Gasteiger partial charge in [0, 0.05) is 11.3 Å². The molecule has 190 valence electrons. The summed E-state index contributed by atoms with van der Waals surface area (Å²) >= 11 is 0. The smallest absolute Gasteiger partial charge is 0.337 e. The van der Waals surface area contributed by atoms with Crippen LogP contribution in [0.25, 0.3) is 5.76 Å². The van der Waals surface area contributed by atoms with E-state index < -0.39 is 23.7 Å².